The molecule has 4 nitrogen and oxygen atoms in total. The van der Waals surface area contributed by atoms with Crippen molar-refractivity contribution in [2.24, 2.45) is 0 Å². The topological polar surface area (TPSA) is 77.8 Å². The first kappa shape index (κ1) is 14.7. The minimum atomic E-state index is 0.410. The Bertz CT molecular complexity index is 591. The van der Waals surface area contributed by atoms with E-state index in [0.29, 0.717) is 22.7 Å². The molecule has 0 atom stereocenters. The first-order valence-electron chi connectivity index (χ1n) is 6.58. The second kappa shape index (κ2) is 6.13. The second-order valence-corrected chi connectivity index (χ2v) is 6.09. The molecule has 0 spiro atoms. The molecule has 5 heteroatoms. The number of benzene rings is 1. The first-order chi connectivity index (χ1) is 9.45. The molecule has 0 aliphatic carbocycles. The lowest BCUT2D eigenvalue weighted by Crippen LogP contribution is -2.00. The Morgan fingerprint density at radius 1 is 1.10 bits per heavy atom. The van der Waals surface area contributed by atoms with E-state index in [2.05, 4.69) is 48.9 Å². The molecule has 0 aliphatic heterocycles. The summed E-state index contributed by atoms with van der Waals surface area (Å²) in [6, 6.07) is 8.12. The van der Waals surface area contributed by atoms with Crippen molar-refractivity contribution in [3.63, 3.8) is 0 Å². The lowest BCUT2D eigenvalue weighted by atomic mass is 9.96. The minimum Gasteiger partial charge on any atom is -0.383 e. The van der Waals surface area contributed by atoms with Crippen molar-refractivity contribution in [1.82, 2.24) is 9.97 Å². The van der Waals surface area contributed by atoms with Crippen LogP contribution in [0.4, 0.5) is 11.6 Å². The fraction of sp³-hybridized carbons (Fsp3) is 0.333. The predicted octanol–water partition coefficient (Wildman–Crippen LogP) is 3.37. The third-order valence-corrected chi connectivity index (χ3v) is 3.92. The number of thioether (sulfide) groups is 1. The highest BCUT2D eigenvalue weighted by atomic mass is 32.2. The zero-order chi connectivity index (χ0) is 14.7. The number of hydrogen-bond acceptors (Lipinski definition) is 5. The summed E-state index contributed by atoms with van der Waals surface area (Å²) < 4.78 is 0. The maximum Gasteiger partial charge on any atom is 0.191 e. The number of nitrogen functional groups attached to an aromatic ring is 2. The van der Waals surface area contributed by atoms with E-state index in [9.17, 15) is 0 Å². The van der Waals surface area contributed by atoms with E-state index in [1.54, 1.807) is 17.8 Å². The van der Waals surface area contributed by atoms with Crippen LogP contribution in [0.3, 0.4) is 0 Å². The molecular formula is C15H20N4S. The van der Waals surface area contributed by atoms with E-state index in [-0.39, 0.29) is 0 Å². The van der Waals surface area contributed by atoms with Crippen LogP contribution in [-0.2, 0) is 5.75 Å². The second-order valence-electron chi connectivity index (χ2n) is 5.15. The van der Waals surface area contributed by atoms with Crippen molar-refractivity contribution >= 4 is 23.4 Å². The quantitative estimate of drug-likeness (QED) is 0.666. The Hall–Kier alpha value is -1.75. The monoisotopic (exact) mass is 288 g/mol. The summed E-state index contributed by atoms with van der Waals surface area (Å²) in [5.74, 6) is 2.13. The summed E-state index contributed by atoms with van der Waals surface area (Å²) >= 11 is 1.56. The van der Waals surface area contributed by atoms with Crippen molar-refractivity contribution in [2.45, 2.75) is 37.6 Å². The van der Waals surface area contributed by atoms with Gasteiger partial charge in [-0.05, 0) is 24.0 Å². The molecule has 1 heterocycles. The van der Waals surface area contributed by atoms with Crippen LogP contribution in [0.25, 0.3) is 0 Å². The summed E-state index contributed by atoms with van der Waals surface area (Å²) in [5.41, 5.74) is 15.3. The Balaban J connectivity index is 2.18. The number of rotatable bonds is 4. The number of anilines is 2. The van der Waals surface area contributed by atoms with Gasteiger partial charge in [-0.1, -0.05) is 49.4 Å². The highest BCUT2D eigenvalue weighted by Crippen LogP contribution is 2.27. The Morgan fingerprint density at radius 2 is 1.75 bits per heavy atom. The molecule has 2 rings (SSSR count). The van der Waals surface area contributed by atoms with Gasteiger partial charge in [0.15, 0.2) is 5.16 Å². The van der Waals surface area contributed by atoms with Gasteiger partial charge >= 0.3 is 0 Å². The van der Waals surface area contributed by atoms with Crippen LogP contribution in [0.1, 0.15) is 36.5 Å². The van der Waals surface area contributed by atoms with Crippen LogP contribution in [0, 0.1) is 6.92 Å². The molecule has 2 aromatic rings. The molecule has 1 aromatic carbocycles. The summed E-state index contributed by atoms with van der Waals surface area (Å²) in [6.45, 7) is 6.53. The summed E-state index contributed by atoms with van der Waals surface area (Å²) in [7, 11) is 0. The SMILES string of the molecule is Cc1ccc(CSc2nc(N)cc(N)n2)c(C(C)C)c1. The van der Waals surface area contributed by atoms with Crippen LogP contribution >= 0.6 is 11.8 Å². The van der Waals surface area contributed by atoms with Crippen molar-refractivity contribution < 1.29 is 0 Å². The van der Waals surface area contributed by atoms with Crippen LogP contribution in [0.5, 0.6) is 0 Å². The Labute approximate surface area is 124 Å². The zero-order valence-electron chi connectivity index (χ0n) is 12.1. The van der Waals surface area contributed by atoms with Crippen LogP contribution in [-0.4, -0.2) is 9.97 Å². The third kappa shape index (κ3) is 3.63. The summed E-state index contributed by atoms with van der Waals surface area (Å²) in [4.78, 5) is 8.38. The maximum atomic E-state index is 5.68. The van der Waals surface area contributed by atoms with Crippen LogP contribution in [0.2, 0.25) is 0 Å². The van der Waals surface area contributed by atoms with E-state index in [1.165, 1.54) is 16.7 Å². The number of nitrogens with zero attached hydrogens (tertiary/aromatic N) is 2. The number of aromatic nitrogens is 2. The van der Waals surface area contributed by atoms with E-state index >= 15 is 0 Å². The molecule has 0 radical (unpaired) electrons. The maximum absolute atomic E-state index is 5.68. The van der Waals surface area contributed by atoms with Gasteiger partial charge in [0.2, 0.25) is 0 Å². The fourth-order valence-corrected chi connectivity index (χ4v) is 2.94. The molecule has 0 fully saturated rings. The van der Waals surface area contributed by atoms with Gasteiger partial charge in [-0.2, -0.15) is 0 Å². The standard InChI is InChI=1S/C15H20N4S/c1-9(2)12-6-10(3)4-5-11(12)8-20-15-18-13(16)7-14(17)19-15/h4-7,9H,8H2,1-3H3,(H4,16,17,18,19). The van der Waals surface area contributed by atoms with Crippen LogP contribution < -0.4 is 11.5 Å². The van der Waals surface area contributed by atoms with E-state index in [0.717, 1.165) is 5.75 Å². The fourth-order valence-electron chi connectivity index (χ4n) is 2.05. The smallest absolute Gasteiger partial charge is 0.191 e. The van der Waals surface area contributed by atoms with Gasteiger partial charge in [-0.15, -0.1) is 0 Å². The first-order valence-corrected chi connectivity index (χ1v) is 7.56. The van der Waals surface area contributed by atoms with Gasteiger partial charge in [-0.3, -0.25) is 0 Å². The number of aryl methyl sites for hydroxylation is 1. The lowest BCUT2D eigenvalue weighted by Gasteiger charge is -2.13. The highest BCUT2D eigenvalue weighted by molar-refractivity contribution is 7.98. The highest BCUT2D eigenvalue weighted by Gasteiger charge is 2.09. The Kier molecular flexibility index (Phi) is 4.49. The summed E-state index contributed by atoms with van der Waals surface area (Å²) in [5, 5.41) is 0.623. The van der Waals surface area contributed by atoms with Crippen molar-refractivity contribution in [2.75, 3.05) is 11.5 Å². The van der Waals surface area contributed by atoms with E-state index in [4.69, 9.17) is 11.5 Å². The molecule has 0 unspecified atom stereocenters. The molecule has 0 saturated carbocycles. The van der Waals surface area contributed by atoms with Gasteiger partial charge in [0.25, 0.3) is 0 Å². The molecule has 4 N–H and O–H groups in total. The number of hydrogen-bond donors (Lipinski definition) is 2. The van der Waals surface area contributed by atoms with Crippen LogP contribution in [0.15, 0.2) is 29.4 Å². The van der Waals surface area contributed by atoms with Gasteiger partial charge in [0.1, 0.15) is 11.6 Å². The molecular weight excluding hydrogens is 268 g/mol. The van der Waals surface area contributed by atoms with Crippen molar-refractivity contribution in [3.05, 3.63) is 41.0 Å². The van der Waals surface area contributed by atoms with E-state index < -0.39 is 0 Å². The molecule has 0 amide bonds. The largest absolute Gasteiger partial charge is 0.383 e. The number of nitrogens with two attached hydrogens (primary N) is 2. The normalized spacial score (nSPS) is 11.0. The third-order valence-electron chi connectivity index (χ3n) is 3.03. The molecule has 0 saturated heterocycles. The van der Waals surface area contributed by atoms with Crippen molar-refractivity contribution in [1.29, 1.82) is 0 Å². The average Bonchev–Trinajstić information content (AvgIpc) is 2.36. The lowest BCUT2D eigenvalue weighted by molar-refractivity contribution is 0.852. The molecule has 0 aliphatic rings. The van der Waals surface area contributed by atoms with E-state index in [1.807, 2.05) is 0 Å². The van der Waals surface area contributed by atoms with Crippen molar-refractivity contribution in [3.8, 4) is 0 Å². The molecule has 0 bridgehead atoms. The average molecular weight is 288 g/mol. The van der Waals surface area contributed by atoms with Gasteiger partial charge < -0.3 is 11.5 Å². The van der Waals surface area contributed by atoms with Gasteiger partial charge in [0.05, 0.1) is 0 Å². The predicted molar refractivity (Wildman–Crippen MR) is 85.7 cm³/mol. The minimum absolute atomic E-state index is 0.410. The molecule has 106 valence electrons. The molecule has 20 heavy (non-hydrogen) atoms. The zero-order valence-corrected chi connectivity index (χ0v) is 12.9. The molecule has 1 aromatic heterocycles. The van der Waals surface area contributed by atoms with Gasteiger partial charge in [0, 0.05) is 11.8 Å². The Morgan fingerprint density at radius 3 is 2.35 bits per heavy atom. The van der Waals surface area contributed by atoms with Gasteiger partial charge in [-0.25, -0.2) is 9.97 Å². The summed E-state index contributed by atoms with van der Waals surface area (Å²) in [6.07, 6.45) is 0.